The fourth-order valence-corrected chi connectivity index (χ4v) is 0. The Balaban J connectivity index is 0. The predicted octanol–water partition coefficient (Wildman–Crippen LogP) is -3.45. The van der Waals surface area contributed by atoms with Crippen molar-refractivity contribution in [3.05, 3.63) is 0 Å². The van der Waals surface area contributed by atoms with Crippen LogP contribution in [0.3, 0.4) is 0 Å². The number of hydrogen-bond acceptors (Lipinski definition) is 0. The van der Waals surface area contributed by atoms with Crippen molar-refractivity contribution in [3.63, 3.8) is 0 Å². The van der Waals surface area contributed by atoms with E-state index in [0.29, 0.717) is 0 Å². The fraction of sp³-hybridized carbons (Fsp3) is 1.00. The molecule has 0 radical (unpaired) electrons. The van der Waals surface area contributed by atoms with E-state index in [-0.39, 0.29) is 72.6 Å². The van der Waals surface area contributed by atoms with E-state index in [1.165, 1.54) is 0 Å². The molecule has 0 aromatic carbocycles. The summed E-state index contributed by atoms with van der Waals surface area (Å²) in [6.07, 6.45) is 0. The largest absolute Gasteiger partial charge is 0.187 e. The van der Waals surface area contributed by atoms with Crippen molar-refractivity contribution in [2.24, 2.45) is 0 Å². The van der Waals surface area contributed by atoms with Crippen LogP contribution in [0.15, 0.2) is 0 Å². The Bertz CT molecular complexity index is 9.61. The first-order valence-electron chi connectivity index (χ1n) is 0. The molecule has 0 aliphatic carbocycles. The maximum absolute atomic E-state index is 0. The molecule has 5 heavy (non-hydrogen) atoms. The summed E-state index contributed by atoms with van der Waals surface area (Å²) < 4.78 is 0. The van der Waals surface area contributed by atoms with Crippen LogP contribution in [-0.2, 0) is 25.8 Å². The second kappa shape index (κ2) is 40.5. The molecule has 0 rings (SSSR count). The van der Waals surface area contributed by atoms with Gasteiger partial charge in [0.15, 0.2) is 17.4 Å². The molecule has 0 bridgehead atoms. The average Bonchev–Trinajstić information content (AvgIpc) is 0. The van der Waals surface area contributed by atoms with Gasteiger partial charge in [-0.3, -0.25) is 0 Å². The van der Waals surface area contributed by atoms with Crippen LogP contribution in [0, 0.1) is 0 Å². The smallest absolute Gasteiger partial charge is 0.0776 e. The first kappa shape index (κ1) is 69.1. The molecule has 0 aliphatic heterocycles. The van der Waals surface area contributed by atoms with Crippen LogP contribution in [0.4, 0.5) is 0 Å². The quantitative estimate of drug-likeness (QED) is 0.407. The van der Waals surface area contributed by atoms with Crippen LogP contribution in [0.25, 0.3) is 0 Å². The van der Waals surface area contributed by atoms with E-state index < -0.39 is 0 Å². The molecule has 0 aromatic rings. The standard InChI is InChI=1S/CH4.Al.Hf.2H4Si.3H/h1H4;;;2*1H4;;;. The van der Waals surface area contributed by atoms with E-state index >= 15 is 0 Å². The molecule has 0 N–H and O–H groups in total. The molecule has 4 heteroatoms. The molecule has 0 aliphatic rings. The van der Waals surface area contributed by atoms with Crippen molar-refractivity contribution in [1.29, 1.82) is 0 Å². The van der Waals surface area contributed by atoms with Crippen molar-refractivity contribution in [1.82, 2.24) is 0 Å². The minimum absolute atomic E-state index is 0. The Morgan fingerprint density at radius 2 is 0.800 bits per heavy atom. The molecule has 0 saturated carbocycles. The van der Waals surface area contributed by atoms with Gasteiger partial charge in [-0.1, -0.05) is 7.43 Å². The van der Waals surface area contributed by atoms with E-state index in [1.807, 2.05) is 0 Å². The third-order valence-corrected chi connectivity index (χ3v) is 0. The van der Waals surface area contributed by atoms with Crippen molar-refractivity contribution in [2.75, 3.05) is 0 Å². The van der Waals surface area contributed by atoms with Gasteiger partial charge in [0, 0.05) is 25.8 Å². The van der Waals surface area contributed by atoms with E-state index in [4.69, 9.17) is 0 Å². The van der Waals surface area contributed by atoms with E-state index in [2.05, 4.69) is 0 Å². The summed E-state index contributed by atoms with van der Waals surface area (Å²) in [5.74, 6) is 0. The number of rotatable bonds is 0. The van der Waals surface area contributed by atoms with Crippen LogP contribution in [0.2, 0.25) is 0 Å². The summed E-state index contributed by atoms with van der Waals surface area (Å²) in [7, 11) is 0. The monoisotopic (exact) mass is 290 g/mol. The van der Waals surface area contributed by atoms with Gasteiger partial charge >= 0.3 is 0 Å². The summed E-state index contributed by atoms with van der Waals surface area (Å²) in [6.45, 7) is 0. The van der Waals surface area contributed by atoms with Crippen LogP contribution in [-0.4, -0.2) is 39.3 Å². The fourth-order valence-electron chi connectivity index (χ4n) is 0. The first-order valence-corrected chi connectivity index (χ1v) is 0. The third-order valence-electron chi connectivity index (χ3n) is 0. The maximum Gasteiger partial charge on any atom is 0.187 e. The van der Waals surface area contributed by atoms with Crippen molar-refractivity contribution in [3.8, 4) is 0 Å². The van der Waals surface area contributed by atoms with E-state index in [1.54, 1.807) is 0 Å². The Kier molecular flexibility index (Phi) is 559. The molecule has 0 nitrogen and oxygen atoms in total. The predicted molar refractivity (Wildman–Crippen MR) is 39.3 cm³/mol. The molecular formula is CH15AlHfSi2. The maximum atomic E-state index is 0. The minimum Gasteiger partial charge on any atom is -0.0776 e. The summed E-state index contributed by atoms with van der Waals surface area (Å²) in [5, 5.41) is 0. The van der Waals surface area contributed by atoms with Gasteiger partial charge in [0.25, 0.3) is 0 Å². The molecule has 0 amide bonds. The molecule has 0 saturated heterocycles. The van der Waals surface area contributed by atoms with Crippen LogP contribution in [0.5, 0.6) is 0 Å². The van der Waals surface area contributed by atoms with Gasteiger partial charge in [0.2, 0.25) is 0 Å². The normalized spacial score (nSPS) is 0. The van der Waals surface area contributed by atoms with Gasteiger partial charge in [-0.2, -0.15) is 0 Å². The Morgan fingerprint density at radius 3 is 0.800 bits per heavy atom. The number of hydrogen-bond donors (Lipinski definition) is 0. The molecule has 0 unspecified atom stereocenters. The minimum atomic E-state index is 0. The van der Waals surface area contributed by atoms with E-state index in [9.17, 15) is 0 Å². The third kappa shape index (κ3) is 25.5. The molecular weight excluding hydrogens is 274 g/mol. The zero-order chi connectivity index (χ0) is 0. The van der Waals surface area contributed by atoms with E-state index in [0.717, 1.165) is 0 Å². The van der Waals surface area contributed by atoms with Gasteiger partial charge < -0.3 is 0 Å². The Hall–Kier alpha value is 1.84. The van der Waals surface area contributed by atoms with Crippen molar-refractivity contribution < 1.29 is 25.8 Å². The zero-order valence-corrected chi connectivity index (χ0v) is 4.09. The van der Waals surface area contributed by atoms with Crippen molar-refractivity contribution >= 4 is 39.3 Å². The van der Waals surface area contributed by atoms with Gasteiger partial charge in [-0.25, -0.2) is 0 Å². The second-order valence-corrected chi connectivity index (χ2v) is 0. The Labute approximate surface area is 72.1 Å². The zero-order valence-electron chi connectivity index (χ0n) is 0.500. The second-order valence-electron chi connectivity index (χ2n) is 0. The van der Waals surface area contributed by atoms with Gasteiger partial charge in [0.05, 0.1) is 0 Å². The molecule has 0 spiro atoms. The van der Waals surface area contributed by atoms with Crippen molar-refractivity contribution in [2.45, 2.75) is 7.43 Å². The summed E-state index contributed by atoms with van der Waals surface area (Å²) >= 11 is 0. The molecule has 0 atom stereocenters. The Morgan fingerprint density at radius 1 is 0.800 bits per heavy atom. The molecule has 34 valence electrons. The van der Waals surface area contributed by atoms with Gasteiger partial charge in [0.1, 0.15) is 0 Å². The van der Waals surface area contributed by atoms with Crippen LogP contribution in [0.1, 0.15) is 7.43 Å². The molecule has 0 heterocycles. The SMILES string of the molecule is C.[AlH3].[Hf].[SiH4].[SiH4]. The van der Waals surface area contributed by atoms with Crippen LogP contribution < -0.4 is 0 Å². The topological polar surface area (TPSA) is 0 Å². The summed E-state index contributed by atoms with van der Waals surface area (Å²) in [4.78, 5) is 0. The molecule has 0 fully saturated rings. The molecule has 0 aromatic heterocycles. The average molecular weight is 289 g/mol. The van der Waals surface area contributed by atoms with Crippen LogP contribution >= 0.6 is 0 Å². The summed E-state index contributed by atoms with van der Waals surface area (Å²) in [6, 6.07) is 0. The summed E-state index contributed by atoms with van der Waals surface area (Å²) in [5.41, 5.74) is 0. The van der Waals surface area contributed by atoms with Gasteiger partial charge in [-0.15, -0.1) is 0 Å². The first-order chi connectivity index (χ1) is 0. The van der Waals surface area contributed by atoms with Gasteiger partial charge in [-0.05, 0) is 21.9 Å².